The summed E-state index contributed by atoms with van der Waals surface area (Å²) in [4.78, 5) is 0. The summed E-state index contributed by atoms with van der Waals surface area (Å²) in [7, 11) is 0. The molecule has 0 amide bonds. The van der Waals surface area contributed by atoms with E-state index in [1.807, 2.05) is 10.7 Å². The van der Waals surface area contributed by atoms with Crippen LogP contribution in [0.15, 0.2) is 43.0 Å². The molecule has 4 heteroatoms. The van der Waals surface area contributed by atoms with Crippen LogP contribution < -0.4 is 5.01 Å². The lowest BCUT2D eigenvalue weighted by molar-refractivity contribution is 0.793. The van der Waals surface area contributed by atoms with Crippen LogP contribution >= 0.6 is 0 Å². The highest BCUT2D eigenvalue weighted by molar-refractivity contribution is 5.31. The second kappa shape index (κ2) is 2.83. The predicted molar refractivity (Wildman–Crippen MR) is 52.3 cm³/mol. The Morgan fingerprint density at radius 1 is 1.07 bits per heavy atom. The predicted octanol–water partition coefficient (Wildman–Crippen LogP) is 0.971. The van der Waals surface area contributed by atoms with E-state index in [1.165, 1.54) is 5.56 Å². The molecule has 0 N–H and O–H groups in total. The zero-order valence-electron chi connectivity index (χ0n) is 7.61. The van der Waals surface area contributed by atoms with Gasteiger partial charge in [0.15, 0.2) is 0 Å². The van der Waals surface area contributed by atoms with Crippen molar-refractivity contribution in [3.63, 3.8) is 0 Å². The molecule has 0 aliphatic carbocycles. The summed E-state index contributed by atoms with van der Waals surface area (Å²) in [6.45, 7) is 1.04. The number of nitrogens with zero attached hydrogens (tertiary/aromatic N) is 4. The maximum atomic E-state index is 3.78. The molecular formula is C10H10N4. The van der Waals surface area contributed by atoms with E-state index in [1.54, 1.807) is 12.7 Å². The van der Waals surface area contributed by atoms with Gasteiger partial charge in [-0.3, -0.25) is 5.01 Å². The molecule has 2 aromatic rings. The third-order valence-corrected chi connectivity index (χ3v) is 2.47. The third kappa shape index (κ3) is 1.16. The first-order valence-electron chi connectivity index (χ1n) is 4.61. The average molecular weight is 186 g/mol. The van der Waals surface area contributed by atoms with Crippen LogP contribution in [0.1, 0.15) is 11.6 Å². The average Bonchev–Trinajstić information content (AvgIpc) is 2.87. The second-order valence-electron chi connectivity index (χ2n) is 3.39. The molecule has 0 spiro atoms. The highest BCUT2D eigenvalue weighted by Crippen LogP contribution is 2.31. The van der Waals surface area contributed by atoms with E-state index in [9.17, 15) is 0 Å². The first-order chi connectivity index (χ1) is 6.95. The first-order valence-corrected chi connectivity index (χ1v) is 4.61. The van der Waals surface area contributed by atoms with E-state index < -0.39 is 0 Å². The molecule has 1 aliphatic rings. The summed E-state index contributed by atoms with van der Waals surface area (Å²) in [6.07, 6.45) is 3.45. The molecule has 1 fully saturated rings. The van der Waals surface area contributed by atoms with Gasteiger partial charge in [0.05, 0.1) is 12.6 Å². The Bertz CT molecular complexity index is 409. The van der Waals surface area contributed by atoms with Gasteiger partial charge in [-0.2, -0.15) is 0 Å². The number of hydrogen-bond donors (Lipinski definition) is 0. The number of benzene rings is 1. The SMILES string of the molecule is c1ccc(C2CN2n2cnnc2)cc1. The lowest BCUT2D eigenvalue weighted by Gasteiger charge is -2.04. The van der Waals surface area contributed by atoms with Crippen molar-refractivity contribution in [1.29, 1.82) is 0 Å². The number of hydrogen-bond acceptors (Lipinski definition) is 3. The van der Waals surface area contributed by atoms with E-state index in [0.717, 1.165) is 6.54 Å². The molecule has 1 aromatic heterocycles. The van der Waals surface area contributed by atoms with Gasteiger partial charge >= 0.3 is 0 Å². The summed E-state index contributed by atoms with van der Waals surface area (Å²) in [5, 5.41) is 9.77. The van der Waals surface area contributed by atoms with Crippen LogP contribution in [-0.4, -0.2) is 21.4 Å². The standard InChI is InChI=1S/C10H10N4/c1-2-4-9(5-3-1)10-6-14(10)13-7-11-12-8-13/h1-5,7-8,10H,6H2. The van der Waals surface area contributed by atoms with Crippen molar-refractivity contribution >= 4 is 0 Å². The molecule has 0 radical (unpaired) electrons. The number of aromatic nitrogens is 3. The fourth-order valence-corrected chi connectivity index (χ4v) is 1.67. The molecule has 1 aliphatic heterocycles. The van der Waals surface area contributed by atoms with E-state index in [2.05, 4.69) is 39.5 Å². The lowest BCUT2D eigenvalue weighted by atomic mass is 10.2. The Hall–Kier alpha value is -1.84. The van der Waals surface area contributed by atoms with Gasteiger partial charge in [-0.05, 0) is 5.56 Å². The molecule has 1 aromatic carbocycles. The van der Waals surface area contributed by atoms with Crippen molar-refractivity contribution < 1.29 is 0 Å². The van der Waals surface area contributed by atoms with E-state index in [-0.39, 0.29) is 0 Å². The molecule has 2 heterocycles. The summed E-state index contributed by atoms with van der Waals surface area (Å²) in [5.41, 5.74) is 1.35. The summed E-state index contributed by atoms with van der Waals surface area (Å²) >= 11 is 0. The molecule has 1 atom stereocenters. The van der Waals surface area contributed by atoms with Gasteiger partial charge in [-0.15, -0.1) is 10.2 Å². The van der Waals surface area contributed by atoms with Crippen molar-refractivity contribution in [2.45, 2.75) is 6.04 Å². The minimum Gasteiger partial charge on any atom is -0.299 e. The Morgan fingerprint density at radius 3 is 2.50 bits per heavy atom. The van der Waals surface area contributed by atoms with Crippen molar-refractivity contribution in [3.05, 3.63) is 48.5 Å². The highest BCUT2D eigenvalue weighted by atomic mass is 15.7. The molecule has 70 valence electrons. The summed E-state index contributed by atoms with van der Waals surface area (Å²) in [5.74, 6) is 0. The minimum atomic E-state index is 0.493. The summed E-state index contributed by atoms with van der Waals surface area (Å²) in [6, 6.07) is 11.0. The monoisotopic (exact) mass is 186 g/mol. The Kier molecular flexibility index (Phi) is 1.53. The number of rotatable bonds is 2. The van der Waals surface area contributed by atoms with E-state index in [0.29, 0.717) is 6.04 Å². The molecule has 0 saturated carbocycles. The van der Waals surface area contributed by atoms with Crippen LogP contribution in [0.5, 0.6) is 0 Å². The van der Waals surface area contributed by atoms with E-state index >= 15 is 0 Å². The Labute approximate surface area is 81.8 Å². The van der Waals surface area contributed by atoms with Gasteiger partial charge in [0, 0.05) is 0 Å². The maximum absolute atomic E-state index is 3.78. The zero-order valence-corrected chi connectivity index (χ0v) is 7.61. The summed E-state index contributed by atoms with van der Waals surface area (Å²) < 4.78 is 1.93. The first kappa shape index (κ1) is 7.55. The molecule has 1 saturated heterocycles. The Balaban J connectivity index is 1.81. The van der Waals surface area contributed by atoms with Crippen LogP contribution in [0.3, 0.4) is 0 Å². The third-order valence-electron chi connectivity index (χ3n) is 2.47. The zero-order chi connectivity index (χ0) is 9.38. The van der Waals surface area contributed by atoms with Crippen LogP contribution in [-0.2, 0) is 0 Å². The van der Waals surface area contributed by atoms with Crippen LogP contribution in [0, 0.1) is 0 Å². The lowest BCUT2D eigenvalue weighted by Crippen LogP contribution is -2.10. The largest absolute Gasteiger partial charge is 0.299 e. The second-order valence-corrected chi connectivity index (χ2v) is 3.39. The van der Waals surface area contributed by atoms with Crippen molar-refractivity contribution in [3.8, 4) is 0 Å². The molecular weight excluding hydrogens is 176 g/mol. The van der Waals surface area contributed by atoms with Gasteiger partial charge < -0.3 is 0 Å². The molecule has 4 nitrogen and oxygen atoms in total. The van der Waals surface area contributed by atoms with Crippen molar-refractivity contribution in [2.75, 3.05) is 11.6 Å². The van der Waals surface area contributed by atoms with Gasteiger partial charge in [-0.25, -0.2) is 4.68 Å². The van der Waals surface area contributed by atoms with Gasteiger partial charge in [0.2, 0.25) is 0 Å². The fraction of sp³-hybridized carbons (Fsp3) is 0.200. The normalized spacial score (nSPS) is 19.7. The molecule has 14 heavy (non-hydrogen) atoms. The maximum Gasteiger partial charge on any atom is 0.139 e. The van der Waals surface area contributed by atoms with E-state index in [4.69, 9.17) is 0 Å². The topological polar surface area (TPSA) is 33.7 Å². The highest BCUT2D eigenvalue weighted by Gasteiger charge is 2.35. The van der Waals surface area contributed by atoms with Crippen LogP contribution in [0.4, 0.5) is 0 Å². The Morgan fingerprint density at radius 2 is 1.79 bits per heavy atom. The molecule has 0 bridgehead atoms. The smallest absolute Gasteiger partial charge is 0.139 e. The van der Waals surface area contributed by atoms with Crippen LogP contribution in [0.25, 0.3) is 0 Å². The molecule has 3 rings (SSSR count). The minimum absolute atomic E-state index is 0.493. The quantitative estimate of drug-likeness (QED) is 0.655. The van der Waals surface area contributed by atoms with Crippen molar-refractivity contribution in [1.82, 2.24) is 14.9 Å². The van der Waals surface area contributed by atoms with Crippen LogP contribution in [0.2, 0.25) is 0 Å². The fourth-order valence-electron chi connectivity index (χ4n) is 1.67. The van der Waals surface area contributed by atoms with Gasteiger partial charge in [0.25, 0.3) is 0 Å². The van der Waals surface area contributed by atoms with Gasteiger partial charge in [0.1, 0.15) is 12.7 Å². The van der Waals surface area contributed by atoms with Crippen molar-refractivity contribution in [2.24, 2.45) is 0 Å². The van der Waals surface area contributed by atoms with Gasteiger partial charge in [-0.1, -0.05) is 30.3 Å². The molecule has 1 unspecified atom stereocenters.